The van der Waals surface area contributed by atoms with Gasteiger partial charge in [0.1, 0.15) is 7.05 Å². The molecular formula is C8H10NO+. The molecule has 2 heteroatoms. The van der Waals surface area contributed by atoms with Crippen molar-refractivity contribution in [1.29, 1.82) is 0 Å². The minimum Gasteiger partial charge on any atom is -0.444 e. The summed E-state index contributed by atoms with van der Waals surface area (Å²) in [6.45, 7) is 0.840. The number of nitrogens with zero attached hydrogens (tertiary/aromatic N) is 1. The van der Waals surface area contributed by atoms with E-state index in [-0.39, 0.29) is 0 Å². The average Bonchev–Trinajstić information content (AvgIpc) is 2.36. The van der Waals surface area contributed by atoms with E-state index in [0.29, 0.717) is 0 Å². The molecule has 2 rings (SSSR count). The third kappa shape index (κ3) is 0.685. The molecule has 0 atom stereocenters. The van der Waals surface area contributed by atoms with E-state index in [2.05, 4.69) is 6.07 Å². The van der Waals surface area contributed by atoms with E-state index in [9.17, 15) is 0 Å². The second-order valence-electron chi connectivity index (χ2n) is 2.55. The highest BCUT2D eigenvalue weighted by Crippen LogP contribution is 2.18. The lowest BCUT2D eigenvalue weighted by Crippen LogP contribution is -2.28. The summed E-state index contributed by atoms with van der Waals surface area (Å²) in [5, 5.41) is 0. The van der Waals surface area contributed by atoms with Gasteiger partial charge in [-0.15, -0.1) is 0 Å². The topological polar surface area (TPSA) is 13.1 Å². The van der Waals surface area contributed by atoms with Gasteiger partial charge in [0.05, 0.1) is 12.2 Å². The zero-order chi connectivity index (χ0) is 6.97. The molecule has 2 heterocycles. The Morgan fingerprint density at radius 3 is 3.30 bits per heavy atom. The Balaban J connectivity index is 2.59. The van der Waals surface area contributed by atoms with E-state index in [1.807, 2.05) is 23.9 Å². The van der Waals surface area contributed by atoms with Gasteiger partial charge < -0.3 is 4.74 Å². The van der Waals surface area contributed by atoms with E-state index < -0.39 is 0 Å². The van der Waals surface area contributed by atoms with Crippen LogP contribution in [0.2, 0.25) is 0 Å². The molecule has 0 aromatic carbocycles. The predicted molar refractivity (Wildman–Crippen MR) is 36.8 cm³/mol. The lowest BCUT2D eigenvalue weighted by Gasteiger charge is -1.93. The molecule has 52 valence electrons. The smallest absolute Gasteiger partial charge is 0.370 e. The first kappa shape index (κ1) is 5.71. The monoisotopic (exact) mass is 136 g/mol. The summed E-state index contributed by atoms with van der Waals surface area (Å²) in [5.74, 6) is 1.03. The molecule has 1 aromatic rings. The summed E-state index contributed by atoms with van der Waals surface area (Å²) in [6.07, 6.45) is 3.06. The first-order valence-corrected chi connectivity index (χ1v) is 3.48. The van der Waals surface area contributed by atoms with Gasteiger partial charge in [-0.05, 0) is 6.07 Å². The van der Waals surface area contributed by atoms with Gasteiger partial charge in [-0.25, -0.2) is 0 Å². The quantitative estimate of drug-likeness (QED) is 0.472. The number of pyridine rings is 1. The number of hydrogen-bond donors (Lipinski definition) is 0. The Morgan fingerprint density at radius 2 is 2.50 bits per heavy atom. The maximum Gasteiger partial charge on any atom is 0.370 e. The first-order chi connectivity index (χ1) is 4.88. The number of hydrogen-bond acceptors (Lipinski definition) is 1. The third-order valence-electron chi connectivity index (χ3n) is 1.81. The van der Waals surface area contributed by atoms with Gasteiger partial charge in [0.2, 0.25) is 0 Å². The zero-order valence-corrected chi connectivity index (χ0v) is 6.00. The van der Waals surface area contributed by atoms with Crippen molar-refractivity contribution in [3.63, 3.8) is 0 Å². The van der Waals surface area contributed by atoms with Crippen molar-refractivity contribution in [2.24, 2.45) is 7.05 Å². The zero-order valence-electron chi connectivity index (χ0n) is 6.00. The minimum absolute atomic E-state index is 0.840. The number of rotatable bonds is 0. The van der Waals surface area contributed by atoms with E-state index >= 15 is 0 Å². The van der Waals surface area contributed by atoms with Crippen LogP contribution in [-0.4, -0.2) is 6.61 Å². The molecule has 10 heavy (non-hydrogen) atoms. The first-order valence-electron chi connectivity index (χ1n) is 3.48. The number of aryl methyl sites for hydroxylation is 1. The molecule has 0 bridgehead atoms. The largest absolute Gasteiger partial charge is 0.444 e. The summed E-state index contributed by atoms with van der Waals surface area (Å²) in [5.41, 5.74) is 1.32. The molecule has 1 aromatic heterocycles. The Kier molecular flexibility index (Phi) is 1.13. The number of fused-ring (bicyclic) bond motifs is 1. The van der Waals surface area contributed by atoms with Crippen LogP contribution in [0.4, 0.5) is 0 Å². The Labute approximate surface area is 60.1 Å². The van der Waals surface area contributed by atoms with Crippen LogP contribution in [0.5, 0.6) is 5.88 Å². The molecule has 0 spiro atoms. The van der Waals surface area contributed by atoms with Gasteiger partial charge in [-0.2, -0.15) is 4.57 Å². The van der Waals surface area contributed by atoms with Crippen molar-refractivity contribution < 1.29 is 9.30 Å². The molecule has 0 radical (unpaired) electrons. The van der Waals surface area contributed by atoms with Crippen molar-refractivity contribution in [2.45, 2.75) is 6.42 Å². The van der Waals surface area contributed by atoms with Crippen LogP contribution in [0, 0.1) is 0 Å². The van der Waals surface area contributed by atoms with E-state index in [1.165, 1.54) is 5.56 Å². The Morgan fingerprint density at radius 1 is 1.60 bits per heavy atom. The van der Waals surface area contributed by atoms with Crippen molar-refractivity contribution in [3.05, 3.63) is 23.9 Å². The van der Waals surface area contributed by atoms with Crippen molar-refractivity contribution in [2.75, 3.05) is 6.61 Å². The summed E-state index contributed by atoms with van der Waals surface area (Å²) in [6, 6.07) is 4.16. The maximum absolute atomic E-state index is 5.39. The Hall–Kier alpha value is -1.05. The van der Waals surface area contributed by atoms with Crippen LogP contribution < -0.4 is 9.30 Å². The average molecular weight is 136 g/mol. The van der Waals surface area contributed by atoms with Crippen LogP contribution in [-0.2, 0) is 13.5 Å². The van der Waals surface area contributed by atoms with Gasteiger partial charge in [0.25, 0.3) is 0 Å². The third-order valence-corrected chi connectivity index (χ3v) is 1.81. The fourth-order valence-electron chi connectivity index (χ4n) is 1.30. The molecule has 0 amide bonds. The molecule has 0 fully saturated rings. The van der Waals surface area contributed by atoms with Gasteiger partial charge in [-0.1, -0.05) is 0 Å². The minimum atomic E-state index is 0.840. The molecule has 0 saturated carbocycles. The fraction of sp³-hybridized carbons (Fsp3) is 0.375. The van der Waals surface area contributed by atoms with E-state index in [1.54, 1.807) is 0 Å². The van der Waals surface area contributed by atoms with Crippen molar-refractivity contribution >= 4 is 0 Å². The standard InChI is InChI=1S/C8H10NO/c1-9-5-2-3-7-4-6-10-8(7)9/h2-3,5H,4,6H2,1H3/q+1. The van der Waals surface area contributed by atoms with Crippen LogP contribution in [0.3, 0.4) is 0 Å². The van der Waals surface area contributed by atoms with Gasteiger partial charge in [0.15, 0.2) is 6.20 Å². The lowest BCUT2D eigenvalue weighted by atomic mass is 10.2. The summed E-state index contributed by atoms with van der Waals surface area (Å²) >= 11 is 0. The summed E-state index contributed by atoms with van der Waals surface area (Å²) in [4.78, 5) is 0. The second kappa shape index (κ2) is 1.97. The van der Waals surface area contributed by atoms with Crippen LogP contribution >= 0.6 is 0 Å². The molecule has 0 saturated heterocycles. The summed E-state index contributed by atoms with van der Waals surface area (Å²) < 4.78 is 7.41. The molecular weight excluding hydrogens is 126 g/mol. The van der Waals surface area contributed by atoms with Gasteiger partial charge >= 0.3 is 5.88 Å². The molecule has 0 aliphatic carbocycles. The van der Waals surface area contributed by atoms with Gasteiger partial charge in [-0.3, -0.25) is 0 Å². The normalized spacial score (nSPS) is 14.5. The molecule has 1 aliphatic heterocycles. The van der Waals surface area contributed by atoms with E-state index in [0.717, 1.165) is 18.9 Å². The molecule has 0 unspecified atom stereocenters. The van der Waals surface area contributed by atoms with Gasteiger partial charge in [0, 0.05) is 12.5 Å². The number of aromatic nitrogens is 1. The molecule has 2 nitrogen and oxygen atoms in total. The van der Waals surface area contributed by atoms with Crippen molar-refractivity contribution in [1.82, 2.24) is 0 Å². The van der Waals surface area contributed by atoms with E-state index in [4.69, 9.17) is 4.74 Å². The predicted octanol–water partition coefficient (Wildman–Crippen LogP) is 0.446. The van der Waals surface area contributed by atoms with Crippen LogP contribution in [0.15, 0.2) is 18.3 Å². The van der Waals surface area contributed by atoms with Crippen molar-refractivity contribution in [3.8, 4) is 5.88 Å². The maximum atomic E-state index is 5.39. The highest BCUT2D eigenvalue weighted by molar-refractivity contribution is 5.24. The highest BCUT2D eigenvalue weighted by Gasteiger charge is 2.19. The Bertz CT molecular complexity index is 257. The lowest BCUT2D eigenvalue weighted by molar-refractivity contribution is -0.676. The summed E-state index contributed by atoms with van der Waals surface area (Å²) in [7, 11) is 2.00. The number of ether oxygens (including phenoxy) is 1. The molecule has 0 N–H and O–H groups in total. The van der Waals surface area contributed by atoms with Crippen LogP contribution in [0.25, 0.3) is 0 Å². The fourth-order valence-corrected chi connectivity index (χ4v) is 1.30. The molecule has 1 aliphatic rings. The second-order valence-corrected chi connectivity index (χ2v) is 2.55. The highest BCUT2D eigenvalue weighted by atomic mass is 16.5. The SMILES string of the molecule is C[n+]1cccc2c1OCC2. The van der Waals surface area contributed by atoms with Crippen LogP contribution in [0.1, 0.15) is 5.56 Å².